The SMILES string of the molecule is CCOC(=O)c1cc2cc(-c3ccc(-c4cc(C(F)(F)F)c(C#N)c(=O)n4Cc4ccc(C)cc4C)cc3)ccc2[nH]1. The summed E-state index contributed by atoms with van der Waals surface area (Å²) in [5, 5.41) is 10.3. The largest absolute Gasteiger partial charge is 0.461 e. The van der Waals surface area contributed by atoms with E-state index in [1.54, 1.807) is 37.3 Å². The van der Waals surface area contributed by atoms with Crippen LogP contribution in [-0.4, -0.2) is 22.1 Å². The first-order valence-corrected chi connectivity index (χ1v) is 13.2. The van der Waals surface area contributed by atoms with E-state index in [2.05, 4.69) is 4.98 Å². The predicted octanol–water partition coefficient (Wildman–Crippen LogP) is 7.40. The van der Waals surface area contributed by atoms with Gasteiger partial charge in [-0.2, -0.15) is 18.4 Å². The fourth-order valence-corrected chi connectivity index (χ4v) is 5.03. The van der Waals surface area contributed by atoms with Gasteiger partial charge in [-0.15, -0.1) is 0 Å². The highest BCUT2D eigenvalue weighted by Gasteiger charge is 2.36. The third-order valence-electron chi connectivity index (χ3n) is 7.17. The number of nitrogens with zero attached hydrogens (tertiary/aromatic N) is 2. The van der Waals surface area contributed by atoms with Gasteiger partial charge in [0.05, 0.1) is 24.4 Å². The van der Waals surface area contributed by atoms with Gasteiger partial charge in [0.2, 0.25) is 0 Å². The van der Waals surface area contributed by atoms with E-state index in [1.165, 1.54) is 10.6 Å². The number of aromatic nitrogens is 2. The molecule has 5 aromatic rings. The van der Waals surface area contributed by atoms with E-state index in [0.29, 0.717) is 11.3 Å². The summed E-state index contributed by atoms with van der Waals surface area (Å²) in [4.78, 5) is 28.5. The maximum absolute atomic E-state index is 14.0. The van der Waals surface area contributed by atoms with Gasteiger partial charge < -0.3 is 14.3 Å². The van der Waals surface area contributed by atoms with Crippen molar-refractivity contribution in [1.82, 2.24) is 9.55 Å². The Morgan fingerprint density at radius 2 is 1.64 bits per heavy atom. The maximum atomic E-state index is 14.0. The molecule has 3 aromatic carbocycles. The molecule has 0 atom stereocenters. The van der Waals surface area contributed by atoms with Gasteiger partial charge in [0.25, 0.3) is 5.56 Å². The Balaban J connectivity index is 1.59. The van der Waals surface area contributed by atoms with Crippen LogP contribution >= 0.6 is 0 Å². The van der Waals surface area contributed by atoms with Gasteiger partial charge in [-0.05, 0) is 72.9 Å². The number of aryl methyl sites for hydroxylation is 2. The van der Waals surface area contributed by atoms with Crippen LogP contribution in [0.5, 0.6) is 0 Å². The van der Waals surface area contributed by atoms with Gasteiger partial charge in [-0.3, -0.25) is 4.79 Å². The number of benzene rings is 3. The van der Waals surface area contributed by atoms with Crippen LogP contribution < -0.4 is 5.56 Å². The molecule has 0 bridgehead atoms. The average Bonchev–Trinajstić information content (AvgIpc) is 3.38. The number of fused-ring (bicyclic) bond motifs is 1. The number of carbonyl (C=O) groups excluding carboxylic acids is 1. The van der Waals surface area contributed by atoms with Crippen LogP contribution in [0.2, 0.25) is 0 Å². The Labute approximate surface area is 239 Å². The second-order valence-corrected chi connectivity index (χ2v) is 10.0. The van der Waals surface area contributed by atoms with Gasteiger partial charge in [0, 0.05) is 10.9 Å². The van der Waals surface area contributed by atoms with Crippen molar-refractivity contribution >= 4 is 16.9 Å². The van der Waals surface area contributed by atoms with Crippen molar-refractivity contribution in [1.29, 1.82) is 5.26 Å². The van der Waals surface area contributed by atoms with Crippen molar-refractivity contribution in [3.63, 3.8) is 0 Å². The van der Waals surface area contributed by atoms with Crippen LogP contribution in [0, 0.1) is 25.2 Å². The first-order chi connectivity index (χ1) is 20.0. The van der Waals surface area contributed by atoms with Crippen molar-refractivity contribution < 1.29 is 22.7 Å². The molecule has 0 fully saturated rings. The number of hydrogen-bond donors (Lipinski definition) is 1. The third kappa shape index (κ3) is 5.44. The molecule has 0 saturated carbocycles. The predicted molar refractivity (Wildman–Crippen MR) is 154 cm³/mol. The van der Waals surface area contributed by atoms with Crippen molar-refractivity contribution in [2.75, 3.05) is 6.61 Å². The number of ether oxygens (including phenoxy) is 1. The van der Waals surface area contributed by atoms with Crippen molar-refractivity contribution in [3.05, 3.63) is 117 Å². The Kier molecular flexibility index (Phi) is 7.48. The number of nitrogens with one attached hydrogen (secondary N) is 1. The quantitative estimate of drug-likeness (QED) is 0.216. The van der Waals surface area contributed by atoms with Crippen LogP contribution in [0.25, 0.3) is 33.3 Å². The lowest BCUT2D eigenvalue weighted by Crippen LogP contribution is -2.29. The minimum atomic E-state index is -4.88. The molecule has 0 aliphatic carbocycles. The van der Waals surface area contributed by atoms with E-state index in [0.717, 1.165) is 44.8 Å². The molecule has 2 aromatic heterocycles. The second-order valence-electron chi connectivity index (χ2n) is 10.0. The van der Waals surface area contributed by atoms with Gasteiger partial charge in [0.1, 0.15) is 17.3 Å². The standard InChI is InChI=1S/C33H26F3N3O3/c1-4-42-32(41)29-15-25-14-23(11-12-28(25)38-29)21-7-9-22(10-8-21)30-16-27(33(34,35)36)26(17-37)31(40)39(30)18-24-6-5-19(2)13-20(24)3/h5-16,38H,4,18H2,1-3H3. The smallest absolute Gasteiger partial charge is 0.417 e. The minimum absolute atomic E-state index is 0.00179. The van der Waals surface area contributed by atoms with Gasteiger partial charge in [-0.1, -0.05) is 54.1 Å². The number of H-pyrrole nitrogens is 1. The summed E-state index contributed by atoms with van der Waals surface area (Å²) in [6.45, 7) is 5.78. The van der Waals surface area contributed by atoms with Gasteiger partial charge in [0.15, 0.2) is 0 Å². The van der Waals surface area contributed by atoms with Gasteiger partial charge in [-0.25, -0.2) is 4.79 Å². The number of carbonyl (C=O) groups is 1. The molecule has 6 nitrogen and oxygen atoms in total. The highest BCUT2D eigenvalue weighted by Crippen LogP contribution is 2.35. The summed E-state index contributed by atoms with van der Waals surface area (Å²) in [5.41, 5.74) is 2.60. The van der Waals surface area contributed by atoms with E-state index in [-0.39, 0.29) is 18.8 Å². The van der Waals surface area contributed by atoms with Crippen LogP contribution in [-0.2, 0) is 17.5 Å². The first kappa shape index (κ1) is 28.4. The minimum Gasteiger partial charge on any atom is -0.461 e. The normalized spacial score (nSPS) is 11.5. The Bertz CT molecular complexity index is 1930. The second kappa shape index (κ2) is 11.1. The zero-order chi connectivity index (χ0) is 30.2. The van der Waals surface area contributed by atoms with Crippen molar-refractivity contribution in [2.45, 2.75) is 33.5 Å². The van der Waals surface area contributed by atoms with Crippen molar-refractivity contribution in [2.24, 2.45) is 0 Å². The number of hydrogen-bond acceptors (Lipinski definition) is 4. The molecule has 0 saturated heterocycles. The fraction of sp³-hybridized carbons (Fsp3) is 0.182. The molecule has 0 aliphatic heterocycles. The zero-order valence-corrected chi connectivity index (χ0v) is 23.1. The number of aromatic amines is 1. The number of nitriles is 1. The molecule has 0 amide bonds. The molecular weight excluding hydrogens is 543 g/mol. The van der Waals surface area contributed by atoms with Crippen LogP contribution in [0.1, 0.15) is 45.2 Å². The number of rotatable bonds is 6. The van der Waals surface area contributed by atoms with E-state index >= 15 is 0 Å². The lowest BCUT2D eigenvalue weighted by molar-refractivity contribution is -0.137. The number of halogens is 3. The van der Waals surface area contributed by atoms with Crippen molar-refractivity contribution in [3.8, 4) is 28.5 Å². The molecule has 42 heavy (non-hydrogen) atoms. The molecule has 0 aliphatic rings. The molecule has 0 radical (unpaired) electrons. The van der Waals surface area contributed by atoms with E-state index in [4.69, 9.17) is 4.74 Å². The highest BCUT2D eigenvalue weighted by molar-refractivity contribution is 5.96. The van der Waals surface area contributed by atoms with Crippen LogP contribution in [0.4, 0.5) is 13.2 Å². The van der Waals surface area contributed by atoms with E-state index in [1.807, 2.05) is 50.2 Å². The van der Waals surface area contributed by atoms with Crippen LogP contribution in [0.3, 0.4) is 0 Å². The lowest BCUT2D eigenvalue weighted by atomic mass is 9.99. The number of alkyl halides is 3. The number of esters is 1. The van der Waals surface area contributed by atoms with Gasteiger partial charge >= 0.3 is 12.1 Å². The van der Waals surface area contributed by atoms with E-state index < -0.39 is 28.8 Å². The van der Waals surface area contributed by atoms with E-state index in [9.17, 15) is 28.0 Å². The maximum Gasteiger partial charge on any atom is 0.417 e. The summed E-state index contributed by atoms with van der Waals surface area (Å²) in [6, 6.07) is 22.1. The zero-order valence-electron chi connectivity index (χ0n) is 23.1. The molecule has 0 spiro atoms. The topological polar surface area (TPSA) is 87.9 Å². The molecule has 2 heterocycles. The number of pyridine rings is 1. The summed E-state index contributed by atoms with van der Waals surface area (Å²) >= 11 is 0. The summed E-state index contributed by atoms with van der Waals surface area (Å²) in [5.74, 6) is -0.452. The molecule has 212 valence electrons. The Morgan fingerprint density at radius 3 is 2.29 bits per heavy atom. The first-order valence-electron chi connectivity index (χ1n) is 13.2. The lowest BCUT2D eigenvalue weighted by Gasteiger charge is -2.19. The fourth-order valence-electron chi connectivity index (χ4n) is 5.03. The summed E-state index contributed by atoms with van der Waals surface area (Å²) in [6.07, 6.45) is -4.88. The average molecular weight is 570 g/mol. The molecule has 1 N–H and O–H groups in total. The summed E-state index contributed by atoms with van der Waals surface area (Å²) < 4.78 is 48.1. The molecular formula is C33H26F3N3O3. The monoisotopic (exact) mass is 569 g/mol. The summed E-state index contributed by atoms with van der Waals surface area (Å²) in [7, 11) is 0. The molecule has 5 rings (SSSR count). The van der Waals surface area contributed by atoms with Crippen LogP contribution in [0.15, 0.2) is 77.6 Å². The third-order valence-corrected chi connectivity index (χ3v) is 7.17. The molecule has 0 unspecified atom stereocenters. The Hall–Kier alpha value is -5.10. The Morgan fingerprint density at radius 1 is 0.952 bits per heavy atom. The molecule has 9 heteroatoms. The highest BCUT2D eigenvalue weighted by atomic mass is 19.4.